The number of hydrogen-bond acceptors (Lipinski definition) is 4. The van der Waals surface area contributed by atoms with Crippen LogP contribution >= 0.6 is 0 Å². The molecule has 1 aromatic carbocycles. The smallest absolute Gasteiger partial charge is 0.250 e. The monoisotopic (exact) mass is 296 g/mol. The summed E-state index contributed by atoms with van der Waals surface area (Å²) >= 11 is 0. The fourth-order valence-electron chi connectivity index (χ4n) is 2.48. The van der Waals surface area contributed by atoms with Crippen molar-refractivity contribution in [3.63, 3.8) is 0 Å². The Hall–Kier alpha value is -1.66. The number of amides is 1. The Morgan fingerprint density at radius 1 is 1.43 bits per heavy atom. The Balaban J connectivity index is 1.80. The van der Waals surface area contributed by atoms with Gasteiger partial charge in [-0.25, -0.2) is 4.39 Å². The van der Waals surface area contributed by atoms with Crippen molar-refractivity contribution in [1.82, 2.24) is 0 Å². The molecular formula is C15H21FN2O3. The molecule has 1 aliphatic rings. The highest BCUT2D eigenvalue weighted by molar-refractivity contribution is 5.94. The number of benzene rings is 1. The lowest BCUT2D eigenvalue weighted by Gasteiger charge is -2.28. The van der Waals surface area contributed by atoms with Gasteiger partial charge >= 0.3 is 0 Å². The molecule has 0 spiro atoms. The second-order valence-corrected chi connectivity index (χ2v) is 5.24. The van der Waals surface area contributed by atoms with Crippen LogP contribution < -0.4 is 11.1 Å². The van der Waals surface area contributed by atoms with Crippen LogP contribution in [0.25, 0.3) is 0 Å². The van der Waals surface area contributed by atoms with Gasteiger partial charge in [-0.1, -0.05) is 0 Å². The number of anilines is 2. The number of rotatable bonds is 5. The predicted molar refractivity (Wildman–Crippen MR) is 78.4 cm³/mol. The highest BCUT2D eigenvalue weighted by Gasteiger charge is 2.22. The number of nitrogen functional groups attached to an aromatic ring is 1. The summed E-state index contributed by atoms with van der Waals surface area (Å²) < 4.78 is 24.0. The van der Waals surface area contributed by atoms with Crippen molar-refractivity contribution >= 4 is 17.3 Å². The first-order valence-corrected chi connectivity index (χ1v) is 7.07. The summed E-state index contributed by atoms with van der Waals surface area (Å²) in [7, 11) is 1.69. The lowest BCUT2D eigenvalue weighted by molar-refractivity contribution is -0.124. The quantitative estimate of drug-likeness (QED) is 0.818. The maximum Gasteiger partial charge on any atom is 0.250 e. The van der Waals surface area contributed by atoms with E-state index < -0.39 is 5.82 Å². The number of carbonyl (C=O) groups excluding carboxylic acids is 1. The maximum absolute atomic E-state index is 13.1. The molecular weight excluding hydrogens is 275 g/mol. The molecule has 2 unspecified atom stereocenters. The third-order valence-electron chi connectivity index (χ3n) is 3.65. The van der Waals surface area contributed by atoms with Crippen molar-refractivity contribution < 1.29 is 18.7 Å². The molecule has 0 saturated heterocycles. The molecule has 3 N–H and O–H groups in total. The fraction of sp³-hybridized carbons (Fsp3) is 0.533. The van der Waals surface area contributed by atoms with E-state index >= 15 is 0 Å². The zero-order chi connectivity index (χ0) is 15.2. The summed E-state index contributed by atoms with van der Waals surface area (Å²) in [6.07, 6.45) is 4.01. The van der Waals surface area contributed by atoms with Crippen molar-refractivity contribution in [3.8, 4) is 0 Å². The van der Waals surface area contributed by atoms with Crippen molar-refractivity contribution in [2.45, 2.75) is 37.9 Å². The molecule has 6 heteroatoms. The number of hydrogen-bond donors (Lipinski definition) is 2. The topological polar surface area (TPSA) is 73.6 Å². The Morgan fingerprint density at radius 3 is 2.95 bits per heavy atom. The Labute approximate surface area is 123 Å². The van der Waals surface area contributed by atoms with Crippen LogP contribution in [0, 0.1) is 5.82 Å². The van der Waals surface area contributed by atoms with Gasteiger partial charge in [0.05, 0.1) is 23.6 Å². The highest BCUT2D eigenvalue weighted by atomic mass is 19.1. The maximum atomic E-state index is 13.1. The molecule has 0 radical (unpaired) electrons. The first-order chi connectivity index (χ1) is 10.1. The predicted octanol–water partition coefficient (Wildman–Crippen LogP) is 2.32. The average Bonchev–Trinajstić information content (AvgIpc) is 2.49. The molecule has 1 aromatic rings. The van der Waals surface area contributed by atoms with Gasteiger partial charge in [0.25, 0.3) is 0 Å². The molecule has 1 amide bonds. The molecule has 1 fully saturated rings. The number of methoxy groups -OCH3 is 1. The number of ether oxygens (including phenoxy) is 2. The molecule has 5 nitrogen and oxygen atoms in total. The zero-order valence-electron chi connectivity index (χ0n) is 12.1. The second kappa shape index (κ2) is 7.38. The van der Waals surface area contributed by atoms with Crippen LogP contribution in [-0.4, -0.2) is 31.8 Å². The van der Waals surface area contributed by atoms with Crippen molar-refractivity contribution in [3.05, 3.63) is 24.0 Å². The molecule has 0 bridgehead atoms. The number of nitrogens with two attached hydrogens (primary N) is 1. The van der Waals surface area contributed by atoms with E-state index in [0.29, 0.717) is 5.69 Å². The third kappa shape index (κ3) is 4.68. The lowest BCUT2D eigenvalue weighted by Crippen LogP contribution is -2.30. The molecule has 2 atom stereocenters. The minimum atomic E-state index is -0.448. The van der Waals surface area contributed by atoms with Gasteiger partial charge in [0.2, 0.25) is 5.91 Å². The van der Waals surface area contributed by atoms with E-state index in [1.54, 1.807) is 7.11 Å². The van der Waals surface area contributed by atoms with Crippen molar-refractivity contribution in [2.75, 3.05) is 24.8 Å². The molecule has 0 aliphatic heterocycles. The second-order valence-electron chi connectivity index (χ2n) is 5.24. The fourth-order valence-corrected chi connectivity index (χ4v) is 2.48. The standard InChI is InChI=1S/C15H21FN2O3/c1-20-11-3-2-4-12(8-11)21-9-15(19)18-14-7-10(16)5-6-13(14)17/h5-7,11-12H,2-4,8-9,17H2,1H3,(H,18,19). The molecule has 2 rings (SSSR count). The number of nitrogens with one attached hydrogen (secondary N) is 1. The van der Waals surface area contributed by atoms with E-state index in [1.807, 2.05) is 0 Å². The molecule has 0 heterocycles. The molecule has 116 valence electrons. The Bertz CT molecular complexity index is 496. The normalized spacial score (nSPS) is 22.0. The van der Waals surface area contributed by atoms with Gasteiger partial charge in [0, 0.05) is 7.11 Å². The minimum absolute atomic E-state index is 0.0271. The highest BCUT2D eigenvalue weighted by Crippen LogP contribution is 2.23. The lowest BCUT2D eigenvalue weighted by atomic mass is 9.95. The van der Waals surface area contributed by atoms with E-state index in [4.69, 9.17) is 15.2 Å². The summed E-state index contributed by atoms with van der Waals surface area (Å²) in [5, 5.41) is 2.56. The summed E-state index contributed by atoms with van der Waals surface area (Å²) in [6, 6.07) is 3.85. The first-order valence-electron chi connectivity index (χ1n) is 7.07. The van der Waals surface area contributed by atoms with Crippen LogP contribution in [0.1, 0.15) is 25.7 Å². The van der Waals surface area contributed by atoms with Crippen LogP contribution in [0.15, 0.2) is 18.2 Å². The Kier molecular flexibility index (Phi) is 5.52. The van der Waals surface area contributed by atoms with Gasteiger partial charge in [-0.05, 0) is 43.9 Å². The summed E-state index contributed by atoms with van der Waals surface area (Å²) in [6.45, 7) is -0.0724. The van der Waals surface area contributed by atoms with Gasteiger partial charge in [-0.3, -0.25) is 4.79 Å². The summed E-state index contributed by atoms with van der Waals surface area (Å²) in [5.41, 5.74) is 6.26. The number of carbonyl (C=O) groups is 1. The van der Waals surface area contributed by atoms with Crippen LogP contribution in [0.2, 0.25) is 0 Å². The third-order valence-corrected chi connectivity index (χ3v) is 3.65. The number of halogens is 1. The van der Waals surface area contributed by atoms with Crippen LogP contribution in [0.5, 0.6) is 0 Å². The van der Waals surface area contributed by atoms with Gasteiger partial charge in [0.1, 0.15) is 12.4 Å². The van der Waals surface area contributed by atoms with Gasteiger partial charge in [0.15, 0.2) is 0 Å². The largest absolute Gasteiger partial charge is 0.397 e. The van der Waals surface area contributed by atoms with E-state index in [0.717, 1.165) is 25.7 Å². The molecule has 21 heavy (non-hydrogen) atoms. The van der Waals surface area contributed by atoms with E-state index in [-0.39, 0.29) is 30.4 Å². The van der Waals surface area contributed by atoms with Crippen LogP contribution in [0.4, 0.5) is 15.8 Å². The molecule has 0 aromatic heterocycles. The first kappa shape index (κ1) is 15.7. The Morgan fingerprint density at radius 2 is 2.19 bits per heavy atom. The van der Waals surface area contributed by atoms with Crippen LogP contribution in [-0.2, 0) is 14.3 Å². The van der Waals surface area contributed by atoms with E-state index in [2.05, 4.69) is 5.32 Å². The zero-order valence-corrected chi connectivity index (χ0v) is 12.1. The average molecular weight is 296 g/mol. The van der Waals surface area contributed by atoms with Gasteiger partial charge in [-0.15, -0.1) is 0 Å². The SMILES string of the molecule is COC1CCCC(OCC(=O)Nc2cc(F)ccc2N)C1. The van der Waals surface area contributed by atoms with Gasteiger partial charge < -0.3 is 20.5 Å². The molecule has 1 aliphatic carbocycles. The van der Waals surface area contributed by atoms with Crippen molar-refractivity contribution in [1.29, 1.82) is 0 Å². The summed E-state index contributed by atoms with van der Waals surface area (Å²) in [5.74, 6) is -0.789. The molecule has 1 saturated carbocycles. The summed E-state index contributed by atoms with van der Waals surface area (Å²) in [4.78, 5) is 11.8. The van der Waals surface area contributed by atoms with Crippen LogP contribution in [0.3, 0.4) is 0 Å². The van der Waals surface area contributed by atoms with Crippen molar-refractivity contribution in [2.24, 2.45) is 0 Å². The van der Waals surface area contributed by atoms with E-state index in [1.165, 1.54) is 18.2 Å². The minimum Gasteiger partial charge on any atom is -0.397 e. The van der Waals surface area contributed by atoms with E-state index in [9.17, 15) is 9.18 Å². The van der Waals surface area contributed by atoms with Gasteiger partial charge in [-0.2, -0.15) is 0 Å².